The van der Waals surface area contributed by atoms with Crippen LogP contribution in [0.3, 0.4) is 0 Å². The van der Waals surface area contributed by atoms with Crippen LogP contribution >= 0.6 is 11.6 Å². The molecular weight excluding hydrogens is 316 g/mol. The number of hydrogen-bond acceptors (Lipinski definition) is 3. The molecule has 1 aromatic carbocycles. The number of benzene rings is 1. The number of halogens is 1. The van der Waals surface area contributed by atoms with Gasteiger partial charge < -0.3 is 15.4 Å². The van der Waals surface area contributed by atoms with Crippen LogP contribution in [0.5, 0.6) is 5.75 Å². The molecule has 0 spiro atoms. The van der Waals surface area contributed by atoms with Crippen molar-refractivity contribution in [1.29, 1.82) is 0 Å². The standard InChI is InChI=1S/C16H21ClN4O2/c1-11(15-10-21(3)20-12(15)2)19-16(22)18-8-9-23-14-6-4-13(17)5-7-14/h4-7,10-11H,8-9H2,1-3H3,(H2,18,19,22). The molecule has 0 aliphatic heterocycles. The highest BCUT2D eigenvalue weighted by atomic mass is 35.5. The molecule has 2 N–H and O–H groups in total. The Labute approximate surface area is 140 Å². The van der Waals surface area contributed by atoms with Gasteiger partial charge in [-0.3, -0.25) is 4.68 Å². The van der Waals surface area contributed by atoms with Gasteiger partial charge in [0.1, 0.15) is 12.4 Å². The highest BCUT2D eigenvalue weighted by Gasteiger charge is 2.13. The van der Waals surface area contributed by atoms with Crippen LogP contribution in [0.15, 0.2) is 30.5 Å². The number of nitrogens with one attached hydrogen (secondary N) is 2. The summed E-state index contributed by atoms with van der Waals surface area (Å²) in [4.78, 5) is 11.9. The summed E-state index contributed by atoms with van der Waals surface area (Å²) in [5.74, 6) is 0.718. The minimum Gasteiger partial charge on any atom is -0.492 e. The number of carbonyl (C=O) groups excluding carboxylic acids is 1. The Morgan fingerprint density at radius 2 is 2.09 bits per heavy atom. The van der Waals surface area contributed by atoms with Crippen LogP contribution in [-0.4, -0.2) is 29.0 Å². The molecule has 1 atom stereocenters. The third-order valence-corrected chi connectivity index (χ3v) is 3.59. The molecule has 0 bridgehead atoms. The van der Waals surface area contributed by atoms with Crippen LogP contribution in [0, 0.1) is 6.92 Å². The first kappa shape index (κ1) is 17.1. The van der Waals surface area contributed by atoms with Crippen LogP contribution < -0.4 is 15.4 Å². The summed E-state index contributed by atoms with van der Waals surface area (Å²) >= 11 is 5.80. The molecule has 1 unspecified atom stereocenters. The van der Waals surface area contributed by atoms with Gasteiger partial charge in [-0.2, -0.15) is 5.10 Å². The van der Waals surface area contributed by atoms with E-state index in [9.17, 15) is 4.79 Å². The quantitative estimate of drug-likeness (QED) is 0.797. The number of aryl methyl sites for hydroxylation is 2. The van der Waals surface area contributed by atoms with Crippen molar-refractivity contribution in [2.24, 2.45) is 7.05 Å². The maximum Gasteiger partial charge on any atom is 0.315 e. The smallest absolute Gasteiger partial charge is 0.315 e. The predicted molar refractivity (Wildman–Crippen MR) is 89.8 cm³/mol. The van der Waals surface area contributed by atoms with E-state index in [2.05, 4.69) is 15.7 Å². The Kier molecular flexibility index (Phi) is 5.87. The van der Waals surface area contributed by atoms with Crippen molar-refractivity contribution in [2.45, 2.75) is 19.9 Å². The first-order valence-electron chi connectivity index (χ1n) is 7.38. The normalized spacial score (nSPS) is 11.8. The minimum atomic E-state index is -0.236. The molecule has 0 aliphatic carbocycles. The van der Waals surface area contributed by atoms with Crippen LogP contribution in [-0.2, 0) is 7.05 Å². The third-order valence-electron chi connectivity index (χ3n) is 3.34. The summed E-state index contributed by atoms with van der Waals surface area (Å²) in [6, 6.07) is 6.75. The molecule has 0 saturated heterocycles. The Morgan fingerprint density at radius 1 is 1.39 bits per heavy atom. The molecule has 6 nitrogen and oxygen atoms in total. The summed E-state index contributed by atoms with van der Waals surface area (Å²) in [7, 11) is 1.86. The number of amides is 2. The van der Waals surface area contributed by atoms with Gasteiger partial charge in [-0.25, -0.2) is 4.79 Å². The lowest BCUT2D eigenvalue weighted by atomic mass is 10.1. The first-order valence-corrected chi connectivity index (χ1v) is 7.76. The molecule has 2 amide bonds. The van der Waals surface area contributed by atoms with Gasteiger partial charge in [0.05, 0.1) is 18.3 Å². The zero-order valence-electron chi connectivity index (χ0n) is 13.5. The molecule has 0 saturated carbocycles. The van der Waals surface area contributed by atoms with Crippen LogP contribution in [0.25, 0.3) is 0 Å². The van der Waals surface area contributed by atoms with E-state index in [4.69, 9.17) is 16.3 Å². The van der Waals surface area contributed by atoms with E-state index in [1.807, 2.05) is 27.1 Å². The molecule has 1 aromatic heterocycles. The van der Waals surface area contributed by atoms with Crippen molar-refractivity contribution in [3.05, 3.63) is 46.7 Å². The van der Waals surface area contributed by atoms with E-state index in [0.29, 0.717) is 18.2 Å². The lowest BCUT2D eigenvalue weighted by Gasteiger charge is -2.14. The van der Waals surface area contributed by atoms with E-state index in [1.54, 1.807) is 28.9 Å². The number of rotatable bonds is 6. The van der Waals surface area contributed by atoms with Gasteiger partial charge in [0, 0.05) is 23.8 Å². The third kappa shape index (κ3) is 5.17. The zero-order valence-corrected chi connectivity index (χ0v) is 14.2. The Balaban J connectivity index is 1.70. The average Bonchev–Trinajstić information content (AvgIpc) is 2.84. The number of aromatic nitrogens is 2. The van der Waals surface area contributed by atoms with Crippen LogP contribution in [0.1, 0.15) is 24.2 Å². The zero-order chi connectivity index (χ0) is 16.8. The van der Waals surface area contributed by atoms with Crippen molar-refractivity contribution >= 4 is 17.6 Å². The van der Waals surface area contributed by atoms with Gasteiger partial charge in [-0.1, -0.05) is 11.6 Å². The number of urea groups is 1. The fraction of sp³-hybridized carbons (Fsp3) is 0.375. The van der Waals surface area contributed by atoms with E-state index < -0.39 is 0 Å². The Morgan fingerprint density at radius 3 is 2.70 bits per heavy atom. The maximum atomic E-state index is 11.9. The number of carbonyl (C=O) groups is 1. The summed E-state index contributed by atoms with van der Waals surface area (Å²) < 4.78 is 7.25. The topological polar surface area (TPSA) is 68.2 Å². The molecule has 0 fully saturated rings. The summed E-state index contributed by atoms with van der Waals surface area (Å²) in [5, 5.41) is 10.6. The summed E-state index contributed by atoms with van der Waals surface area (Å²) in [5.41, 5.74) is 1.91. The largest absolute Gasteiger partial charge is 0.492 e. The van der Waals surface area contributed by atoms with Gasteiger partial charge in [0.25, 0.3) is 0 Å². The second kappa shape index (κ2) is 7.87. The van der Waals surface area contributed by atoms with Gasteiger partial charge in [-0.05, 0) is 38.1 Å². The van der Waals surface area contributed by atoms with E-state index in [0.717, 1.165) is 17.0 Å². The van der Waals surface area contributed by atoms with E-state index >= 15 is 0 Å². The molecule has 2 aromatic rings. The Bertz CT molecular complexity index is 655. The van der Waals surface area contributed by atoms with Gasteiger partial charge >= 0.3 is 6.03 Å². The SMILES string of the molecule is Cc1nn(C)cc1C(C)NC(=O)NCCOc1ccc(Cl)cc1. The van der Waals surface area contributed by atoms with Crippen molar-refractivity contribution in [1.82, 2.24) is 20.4 Å². The average molecular weight is 337 g/mol. The van der Waals surface area contributed by atoms with Crippen molar-refractivity contribution in [3.63, 3.8) is 0 Å². The monoisotopic (exact) mass is 336 g/mol. The maximum absolute atomic E-state index is 11.9. The minimum absolute atomic E-state index is 0.110. The van der Waals surface area contributed by atoms with Gasteiger partial charge in [-0.15, -0.1) is 0 Å². The fourth-order valence-corrected chi connectivity index (χ4v) is 2.36. The van der Waals surface area contributed by atoms with Crippen molar-refractivity contribution in [2.75, 3.05) is 13.2 Å². The molecule has 0 radical (unpaired) electrons. The van der Waals surface area contributed by atoms with E-state index in [-0.39, 0.29) is 12.1 Å². The molecule has 0 aliphatic rings. The molecule has 124 valence electrons. The number of hydrogen-bond donors (Lipinski definition) is 2. The Hall–Kier alpha value is -2.21. The molecule has 2 rings (SSSR count). The molecule has 7 heteroatoms. The lowest BCUT2D eigenvalue weighted by Crippen LogP contribution is -2.39. The summed E-state index contributed by atoms with van der Waals surface area (Å²) in [6.07, 6.45) is 1.91. The summed E-state index contributed by atoms with van der Waals surface area (Å²) in [6.45, 7) is 4.64. The predicted octanol–water partition coefficient (Wildman–Crippen LogP) is 2.82. The van der Waals surface area contributed by atoms with Crippen molar-refractivity contribution in [3.8, 4) is 5.75 Å². The van der Waals surface area contributed by atoms with Crippen LogP contribution in [0.2, 0.25) is 5.02 Å². The van der Waals surface area contributed by atoms with E-state index in [1.165, 1.54) is 0 Å². The first-order chi connectivity index (χ1) is 11.0. The van der Waals surface area contributed by atoms with Crippen LogP contribution in [0.4, 0.5) is 4.79 Å². The molecule has 1 heterocycles. The van der Waals surface area contributed by atoms with Gasteiger partial charge in [0.2, 0.25) is 0 Å². The highest BCUT2D eigenvalue weighted by molar-refractivity contribution is 6.30. The molecule has 23 heavy (non-hydrogen) atoms. The fourth-order valence-electron chi connectivity index (χ4n) is 2.23. The number of nitrogens with zero attached hydrogens (tertiary/aromatic N) is 2. The lowest BCUT2D eigenvalue weighted by molar-refractivity contribution is 0.233. The number of ether oxygens (including phenoxy) is 1. The second-order valence-electron chi connectivity index (χ2n) is 5.27. The second-order valence-corrected chi connectivity index (χ2v) is 5.70. The van der Waals surface area contributed by atoms with Crippen molar-refractivity contribution < 1.29 is 9.53 Å². The van der Waals surface area contributed by atoms with Gasteiger partial charge in [0.15, 0.2) is 0 Å². The highest BCUT2D eigenvalue weighted by Crippen LogP contribution is 2.16. The molecular formula is C16H21ClN4O2.